The molecular formula is C38H24N4. The highest BCUT2D eigenvalue weighted by Gasteiger charge is 2.17. The fourth-order valence-electron chi connectivity index (χ4n) is 6.64. The minimum absolute atomic E-state index is 0.752. The molecule has 0 saturated heterocycles. The van der Waals surface area contributed by atoms with E-state index in [-0.39, 0.29) is 0 Å². The molecule has 0 spiro atoms. The molecule has 42 heavy (non-hydrogen) atoms. The van der Waals surface area contributed by atoms with E-state index >= 15 is 0 Å². The summed E-state index contributed by atoms with van der Waals surface area (Å²) in [4.78, 5) is 14.2. The second-order valence-corrected chi connectivity index (χ2v) is 10.9. The highest BCUT2D eigenvalue weighted by Crippen LogP contribution is 2.44. The lowest BCUT2D eigenvalue weighted by Gasteiger charge is -2.19. The first kappa shape index (κ1) is 23.1. The Hall–Kier alpha value is -5.61. The minimum atomic E-state index is 0.752. The van der Waals surface area contributed by atoms with Gasteiger partial charge in [0.2, 0.25) is 0 Å². The Bertz CT molecular complexity index is 2390. The smallest absolute Gasteiger partial charge is 0.0971 e. The van der Waals surface area contributed by atoms with Crippen LogP contribution < -0.4 is 5.32 Å². The van der Waals surface area contributed by atoms with Crippen molar-refractivity contribution < 1.29 is 0 Å². The van der Waals surface area contributed by atoms with Crippen LogP contribution in [0.1, 0.15) is 0 Å². The summed E-state index contributed by atoms with van der Waals surface area (Å²) >= 11 is 0. The third-order valence-electron chi connectivity index (χ3n) is 8.56. The van der Waals surface area contributed by atoms with Gasteiger partial charge in [0.15, 0.2) is 0 Å². The van der Waals surface area contributed by atoms with Crippen molar-refractivity contribution in [1.29, 1.82) is 0 Å². The monoisotopic (exact) mass is 536 g/mol. The summed E-state index contributed by atoms with van der Waals surface area (Å²) < 4.78 is 0. The van der Waals surface area contributed by atoms with Gasteiger partial charge < -0.3 is 5.32 Å². The van der Waals surface area contributed by atoms with E-state index in [9.17, 15) is 0 Å². The van der Waals surface area contributed by atoms with E-state index in [1.807, 2.05) is 6.21 Å². The van der Waals surface area contributed by atoms with Crippen molar-refractivity contribution in [2.45, 2.75) is 0 Å². The molecule has 0 aliphatic carbocycles. The van der Waals surface area contributed by atoms with Crippen LogP contribution in [-0.4, -0.2) is 22.7 Å². The number of hydrogen-bond acceptors (Lipinski definition) is 4. The molecule has 0 fully saturated rings. The maximum atomic E-state index is 4.80. The van der Waals surface area contributed by atoms with Crippen molar-refractivity contribution in [3.63, 3.8) is 0 Å². The molecule has 0 bridgehead atoms. The van der Waals surface area contributed by atoms with Crippen molar-refractivity contribution in [1.82, 2.24) is 9.97 Å². The van der Waals surface area contributed by atoms with E-state index in [0.717, 1.165) is 39.7 Å². The van der Waals surface area contributed by atoms with Gasteiger partial charge in [-0.05, 0) is 62.0 Å². The van der Waals surface area contributed by atoms with Crippen molar-refractivity contribution >= 4 is 71.7 Å². The van der Waals surface area contributed by atoms with Gasteiger partial charge in [-0.2, -0.15) is 0 Å². The molecule has 0 atom stereocenters. The van der Waals surface area contributed by atoms with Crippen molar-refractivity contribution in [3.8, 4) is 22.3 Å². The van der Waals surface area contributed by atoms with Crippen LogP contribution >= 0.6 is 0 Å². The molecule has 1 aliphatic rings. The average molecular weight is 537 g/mol. The maximum Gasteiger partial charge on any atom is 0.0971 e. The van der Waals surface area contributed by atoms with E-state index in [4.69, 9.17) is 9.98 Å². The number of hydrogen-bond donors (Lipinski definition) is 1. The first-order chi connectivity index (χ1) is 20.8. The van der Waals surface area contributed by atoms with Gasteiger partial charge in [-0.25, -0.2) is 0 Å². The molecule has 4 nitrogen and oxygen atoms in total. The Kier molecular flexibility index (Phi) is 4.93. The molecule has 4 heteroatoms. The number of nitrogens with zero attached hydrogens (tertiary/aromatic N) is 3. The quantitative estimate of drug-likeness (QED) is 0.224. The van der Waals surface area contributed by atoms with Crippen LogP contribution in [-0.2, 0) is 0 Å². The van der Waals surface area contributed by atoms with Crippen LogP contribution in [0.3, 0.4) is 0 Å². The van der Waals surface area contributed by atoms with Crippen molar-refractivity contribution in [3.05, 3.63) is 122 Å². The van der Waals surface area contributed by atoms with Gasteiger partial charge >= 0.3 is 0 Å². The fourth-order valence-corrected chi connectivity index (χ4v) is 6.64. The zero-order valence-electron chi connectivity index (χ0n) is 22.7. The zero-order chi connectivity index (χ0) is 27.6. The van der Waals surface area contributed by atoms with E-state index in [0.29, 0.717) is 0 Å². The molecule has 0 unspecified atom stereocenters. The van der Waals surface area contributed by atoms with Crippen LogP contribution in [0.25, 0.3) is 76.4 Å². The zero-order valence-corrected chi connectivity index (χ0v) is 22.7. The van der Waals surface area contributed by atoms with Gasteiger partial charge in [0.05, 0.1) is 29.0 Å². The van der Waals surface area contributed by atoms with Gasteiger partial charge in [-0.3, -0.25) is 15.0 Å². The molecular weight excluding hydrogens is 512 g/mol. The first-order valence-corrected chi connectivity index (χ1v) is 14.2. The summed E-state index contributed by atoms with van der Waals surface area (Å²) in [6.07, 6.45) is 5.50. The van der Waals surface area contributed by atoms with Gasteiger partial charge in [0.1, 0.15) is 0 Å². The topological polar surface area (TPSA) is 50.2 Å². The second-order valence-electron chi connectivity index (χ2n) is 10.9. The molecule has 196 valence electrons. The van der Waals surface area contributed by atoms with Gasteiger partial charge in [0.25, 0.3) is 0 Å². The molecule has 0 amide bonds. The first-order valence-electron chi connectivity index (χ1n) is 14.2. The van der Waals surface area contributed by atoms with Gasteiger partial charge in [0, 0.05) is 40.2 Å². The highest BCUT2D eigenvalue weighted by molar-refractivity contribution is 6.24. The second kappa shape index (κ2) is 8.95. The van der Waals surface area contributed by atoms with E-state index < -0.39 is 0 Å². The van der Waals surface area contributed by atoms with Gasteiger partial charge in [-0.1, -0.05) is 91.0 Å². The predicted molar refractivity (Wildman–Crippen MR) is 177 cm³/mol. The van der Waals surface area contributed by atoms with E-state index in [1.165, 1.54) is 54.6 Å². The largest absolute Gasteiger partial charge is 0.378 e. The van der Waals surface area contributed by atoms with Crippen LogP contribution in [0.4, 0.5) is 11.4 Å². The molecule has 0 radical (unpaired) electrons. The number of rotatable bonds is 2. The SMILES string of the molecule is C1=Nc2c(c3ccccc3c3cc(-c4cccc(-c5ccc6c(c5)c5ccccc5c5nccnc65)c4)ccc23)NC1. The summed E-state index contributed by atoms with van der Waals surface area (Å²) in [6.45, 7) is 0.752. The number of fused-ring (bicyclic) bond motifs is 12. The summed E-state index contributed by atoms with van der Waals surface area (Å²) in [5, 5.41) is 13.0. The lowest BCUT2D eigenvalue weighted by atomic mass is 9.92. The number of nitrogens with one attached hydrogen (secondary N) is 1. The molecule has 8 aromatic rings. The number of aliphatic imine (C=N–C) groups is 1. The lowest BCUT2D eigenvalue weighted by molar-refractivity contribution is 1.31. The molecule has 1 aromatic heterocycles. The summed E-state index contributed by atoms with van der Waals surface area (Å²) in [5.41, 5.74) is 8.77. The summed E-state index contributed by atoms with van der Waals surface area (Å²) in [6, 6.07) is 39.4. The summed E-state index contributed by atoms with van der Waals surface area (Å²) in [7, 11) is 0. The maximum absolute atomic E-state index is 4.80. The predicted octanol–water partition coefficient (Wildman–Crippen LogP) is 9.70. The third kappa shape index (κ3) is 3.39. The molecule has 1 N–H and O–H groups in total. The molecule has 9 rings (SSSR count). The minimum Gasteiger partial charge on any atom is -0.378 e. The Morgan fingerprint density at radius 2 is 1.00 bits per heavy atom. The van der Waals surface area contributed by atoms with Crippen molar-refractivity contribution in [2.75, 3.05) is 11.9 Å². The molecule has 2 heterocycles. The molecule has 1 aliphatic heterocycles. The Morgan fingerprint density at radius 3 is 1.71 bits per heavy atom. The molecule has 0 saturated carbocycles. The van der Waals surface area contributed by atoms with E-state index in [1.54, 1.807) is 12.4 Å². The molecule has 7 aromatic carbocycles. The van der Waals surface area contributed by atoms with Crippen LogP contribution in [0.15, 0.2) is 127 Å². The Balaban J connectivity index is 1.22. The number of aromatic nitrogens is 2. The highest BCUT2D eigenvalue weighted by atomic mass is 15.0. The third-order valence-corrected chi connectivity index (χ3v) is 8.56. The van der Waals surface area contributed by atoms with Crippen LogP contribution in [0.2, 0.25) is 0 Å². The van der Waals surface area contributed by atoms with Crippen molar-refractivity contribution in [2.24, 2.45) is 4.99 Å². The normalized spacial score (nSPS) is 12.8. The standard InChI is InChI=1S/C38H24N4/c1-3-10-29-27(8-1)33-21-25(12-14-31(33)37-35(29)39-16-18-41-37)23-6-5-7-24(20-23)26-13-15-32-34(22-26)28-9-2-4-11-30(28)36-38(32)42-19-17-40-36/h1-16,18-22,40H,17H2. The van der Waals surface area contributed by atoms with Gasteiger partial charge in [-0.15, -0.1) is 0 Å². The average Bonchev–Trinajstić information content (AvgIpc) is 3.08. The van der Waals surface area contributed by atoms with Crippen LogP contribution in [0, 0.1) is 0 Å². The Morgan fingerprint density at radius 1 is 0.452 bits per heavy atom. The summed E-state index contributed by atoms with van der Waals surface area (Å²) in [5.74, 6) is 0. The van der Waals surface area contributed by atoms with E-state index in [2.05, 4.69) is 119 Å². The lowest BCUT2D eigenvalue weighted by Crippen LogP contribution is -2.07. The number of benzene rings is 7. The Labute approximate surface area is 242 Å². The fraction of sp³-hybridized carbons (Fsp3) is 0.0263. The number of anilines is 1. The van der Waals surface area contributed by atoms with Crippen LogP contribution in [0.5, 0.6) is 0 Å².